The van der Waals surface area contributed by atoms with Crippen molar-refractivity contribution >= 4 is 11.9 Å². The summed E-state index contributed by atoms with van der Waals surface area (Å²) in [4.78, 5) is 24.9. The lowest BCUT2D eigenvalue weighted by atomic mass is 9.95. The highest BCUT2D eigenvalue weighted by Crippen LogP contribution is 2.49. The van der Waals surface area contributed by atoms with Gasteiger partial charge in [0.05, 0.1) is 23.4 Å². The summed E-state index contributed by atoms with van der Waals surface area (Å²) in [5, 5.41) is 0. The summed E-state index contributed by atoms with van der Waals surface area (Å²) in [5.41, 5.74) is -2.46. The number of carbonyl (C=O) groups is 2. The van der Waals surface area contributed by atoms with Crippen molar-refractivity contribution in [1.82, 2.24) is 0 Å². The van der Waals surface area contributed by atoms with Crippen LogP contribution in [0.2, 0.25) is 0 Å². The van der Waals surface area contributed by atoms with Crippen LogP contribution < -0.4 is 0 Å². The first-order valence-corrected chi connectivity index (χ1v) is 10.1. The molecule has 0 bridgehead atoms. The Bertz CT molecular complexity index is 665. The number of ether oxygens (including phenoxy) is 6. The second-order valence-electron chi connectivity index (χ2n) is 9.54. The van der Waals surface area contributed by atoms with E-state index in [2.05, 4.69) is 0 Å². The van der Waals surface area contributed by atoms with E-state index in [9.17, 15) is 9.59 Å². The maximum atomic E-state index is 12.4. The van der Waals surface area contributed by atoms with Gasteiger partial charge >= 0.3 is 11.9 Å². The van der Waals surface area contributed by atoms with Crippen molar-refractivity contribution in [3.05, 3.63) is 0 Å². The third-order valence-electron chi connectivity index (χ3n) is 7.31. The summed E-state index contributed by atoms with van der Waals surface area (Å²) in [7, 11) is 0. The standard InChI is InChI=1S/C20H28O8/c1-17-7-5-11-19(3,27-11)16(22)24-10-14-18(2,26-14)8-6-12-20(4,28-12)15(21)23-9-13(17)25-17/h11-14H,5-10H2,1-4H3/t11-,12+,13-,14-,17-,18-,19+,20-/m0/s1. The molecule has 5 heterocycles. The number of hydrogen-bond acceptors (Lipinski definition) is 8. The third-order valence-corrected chi connectivity index (χ3v) is 7.31. The van der Waals surface area contributed by atoms with Gasteiger partial charge in [0.25, 0.3) is 0 Å². The molecule has 8 heteroatoms. The van der Waals surface area contributed by atoms with Crippen LogP contribution in [0.3, 0.4) is 0 Å². The lowest BCUT2D eigenvalue weighted by molar-refractivity contribution is -0.150. The van der Waals surface area contributed by atoms with E-state index < -0.39 is 11.2 Å². The minimum atomic E-state index is -0.881. The average Bonchev–Trinajstić information content (AvgIpc) is 3.55. The Balaban J connectivity index is 1.25. The number of hydrogen-bond donors (Lipinski definition) is 0. The van der Waals surface area contributed by atoms with Crippen LogP contribution in [0, 0.1) is 0 Å². The van der Waals surface area contributed by atoms with E-state index in [1.54, 1.807) is 13.8 Å². The molecule has 5 aliphatic heterocycles. The Kier molecular flexibility index (Phi) is 3.81. The van der Waals surface area contributed by atoms with Gasteiger partial charge in [-0.15, -0.1) is 0 Å². The van der Waals surface area contributed by atoms with Gasteiger partial charge in [-0.05, 0) is 53.4 Å². The van der Waals surface area contributed by atoms with Gasteiger partial charge in [-0.3, -0.25) is 0 Å². The summed E-state index contributed by atoms with van der Waals surface area (Å²) in [6.45, 7) is 7.96. The molecular weight excluding hydrogens is 368 g/mol. The van der Waals surface area contributed by atoms with E-state index in [0.717, 1.165) is 12.8 Å². The van der Waals surface area contributed by atoms with Crippen molar-refractivity contribution in [3.63, 3.8) is 0 Å². The fourth-order valence-electron chi connectivity index (χ4n) is 4.42. The van der Waals surface area contributed by atoms with Gasteiger partial charge in [-0.1, -0.05) is 0 Å². The van der Waals surface area contributed by atoms with Gasteiger partial charge in [0, 0.05) is 0 Å². The highest BCUT2D eigenvalue weighted by molar-refractivity contribution is 5.83. The first kappa shape index (κ1) is 18.8. The molecule has 5 fully saturated rings. The molecular formula is C20H28O8. The Labute approximate surface area is 164 Å². The van der Waals surface area contributed by atoms with Gasteiger partial charge in [0.15, 0.2) is 11.2 Å². The molecule has 0 N–H and O–H groups in total. The van der Waals surface area contributed by atoms with E-state index in [0.29, 0.717) is 12.8 Å². The maximum Gasteiger partial charge on any atom is 0.340 e. The Morgan fingerprint density at radius 3 is 1.43 bits per heavy atom. The van der Waals surface area contributed by atoms with Gasteiger partial charge in [-0.25, -0.2) is 9.59 Å². The molecule has 0 radical (unpaired) electrons. The fraction of sp³-hybridized carbons (Fsp3) is 0.900. The lowest BCUT2D eigenvalue weighted by Gasteiger charge is -2.11. The summed E-state index contributed by atoms with van der Waals surface area (Å²) < 4.78 is 33.7. The summed E-state index contributed by atoms with van der Waals surface area (Å²) in [5.74, 6) is -0.663. The van der Waals surface area contributed by atoms with Crippen molar-refractivity contribution in [3.8, 4) is 0 Å². The number of rotatable bonds is 0. The zero-order chi connectivity index (χ0) is 19.9. The molecule has 0 saturated carbocycles. The number of esters is 2. The molecule has 8 nitrogen and oxygen atoms in total. The van der Waals surface area contributed by atoms with E-state index in [-0.39, 0.29) is 60.8 Å². The molecule has 0 unspecified atom stereocenters. The largest absolute Gasteiger partial charge is 0.461 e. The molecule has 5 aliphatic rings. The first-order valence-electron chi connectivity index (χ1n) is 10.1. The van der Waals surface area contributed by atoms with Gasteiger partial charge in [0.2, 0.25) is 0 Å². The minimum absolute atomic E-state index is 0.132. The van der Waals surface area contributed by atoms with Crippen molar-refractivity contribution in [2.24, 2.45) is 0 Å². The smallest absolute Gasteiger partial charge is 0.340 e. The molecule has 5 saturated heterocycles. The molecule has 5 rings (SSSR count). The number of epoxide rings is 4. The Hall–Kier alpha value is -1.22. The van der Waals surface area contributed by atoms with Crippen LogP contribution in [0.5, 0.6) is 0 Å². The fourth-order valence-corrected chi connectivity index (χ4v) is 4.42. The molecule has 0 aliphatic carbocycles. The zero-order valence-corrected chi connectivity index (χ0v) is 16.8. The Morgan fingerprint density at radius 1 is 0.643 bits per heavy atom. The third kappa shape index (κ3) is 2.96. The summed E-state index contributed by atoms with van der Waals surface area (Å²) in [6, 6.07) is 0. The molecule has 156 valence electrons. The quantitative estimate of drug-likeness (QED) is 0.446. The second-order valence-corrected chi connectivity index (χ2v) is 9.54. The zero-order valence-electron chi connectivity index (χ0n) is 16.8. The monoisotopic (exact) mass is 396 g/mol. The number of carbonyl (C=O) groups excluding carboxylic acids is 2. The van der Waals surface area contributed by atoms with E-state index in [1.165, 1.54) is 0 Å². The molecule has 0 aromatic carbocycles. The van der Waals surface area contributed by atoms with Crippen molar-refractivity contribution in [2.45, 2.75) is 100 Å². The van der Waals surface area contributed by atoms with Crippen LogP contribution in [0.1, 0.15) is 53.4 Å². The number of cyclic esters (lactones) is 2. The van der Waals surface area contributed by atoms with Crippen LogP contribution in [-0.4, -0.2) is 72.0 Å². The van der Waals surface area contributed by atoms with Gasteiger partial charge in [0.1, 0.15) is 25.4 Å². The minimum Gasteiger partial charge on any atom is -0.461 e. The van der Waals surface area contributed by atoms with Crippen molar-refractivity contribution in [2.75, 3.05) is 13.2 Å². The van der Waals surface area contributed by atoms with Crippen LogP contribution in [0.15, 0.2) is 0 Å². The van der Waals surface area contributed by atoms with E-state index in [4.69, 9.17) is 28.4 Å². The first-order chi connectivity index (χ1) is 13.1. The topological polar surface area (TPSA) is 103 Å². The van der Waals surface area contributed by atoms with Crippen molar-refractivity contribution < 1.29 is 38.0 Å². The van der Waals surface area contributed by atoms with Crippen LogP contribution in [-0.2, 0) is 38.0 Å². The van der Waals surface area contributed by atoms with Gasteiger partial charge in [-0.2, -0.15) is 0 Å². The lowest BCUT2D eigenvalue weighted by Crippen LogP contribution is -2.30. The molecule has 0 aromatic heterocycles. The summed E-state index contributed by atoms with van der Waals surface area (Å²) in [6.07, 6.45) is 2.22. The molecule has 28 heavy (non-hydrogen) atoms. The highest BCUT2D eigenvalue weighted by atomic mass is 16.7. The average molecular weight is 396 g/mol. The SMILES string of the molecule is C[C@@]12O[C@H]1CC[C@]1(C)O[C@H]1COC(=O)[C@@]1(C)O[C@@H]1CC[C@]1(C)O[C@H]1COC2=O. The molecule has 0 aromatic rings. The summed E-state index contributed by atoms with van der Waals surface area (Å²) >= 11 is 0. The molecule has 8 atom stereocenters. The van der Waals surface area contributed by atoms with Gasteiger partial charge < -0.3 is 28.4 Å². The van der Waals surface area contributed by atoms with Crippen LogP contribution in [0.25, 0.3) is 0 Å². The number of fused-ring (bicyclic) bond motifs is 4. The highest BCUT2D eigenvalue weighted by Gasteiger charge is 2.64. The maximum absolute atomic E-state index is 12.4. The van der Waals surface area contributed by atoms with E-state index in [1.807, 2.05) is 13.8 Å². The normalized spacial score (nSPS) is 55.7. The Morgan fingerprint density at radius 2 is 1.04 bits per heavy atom. The predicted octanol–water partition coefficient (Wildman–Crippen LogP) is 1.28. The predicted molar refractivity (Wildman–Crippen MR) is 93.5 cm³/mol. The molecule has 0 amide bonds. The van der Waals surface area contributed by atoms with Crippen LogP contribution >= 0.6 is 0 Å². The van der Waals surface area contributed by atoms with E-state index >= 15 is 0 Å². The second kappa shape index (κ2) is 5.68. The van der Waals surface area contributed by atoms with Crippen LogP contribution in [0.4, 0.5) is 0 Å². The van der Waals surface area contributed by atoms with Crippen molar-refractivity contribution in [1.29, 1.82) is 0 Å². The molecule has 0 spiro atoms.